The van der Waals surface area contributed by atoms with Gasteiger partial charge in [-0.05, 0) is 43.5 Å². The molecule has 3 heteroatoms. The van der Waals surface area contributed by atoms with Gasteiger partial charge in [0, 0.05) is 16.8 Å². The lowest BCUT2D eigenvalue weighted by Crippen LogP contribution is -2.21. The minimum absolute atomic E-state index is 0.0911. The van der Waals surface area contributed by atoms with E-state index in [9.17, 15) is 4.79 Å². The number of rotatable bonds is 4. The van der Waals surface area contributed by atoms with Gasteiger partial charge < -0.3 is 5.32 Å². The second-order valence-electron chi connectivity index (χ2n) is 5.88. The standard InChI is InChI=1S/C20H22N2O/c1-3-4-11-17-14-16-10-6-8-13-19(16)22(17)20(23)21-18-12-7-5-9-15(18)2/h5-10,12-14H,3-4,11H2,1-2H3,(H,21,23). The van der Waals surface area contributed by atoms with Gasteiger partial charge in [-0.25, -0.2) is 4.79 Å². The molecule has 3 rings (SSSR count). The number of aromatic nitrogens is 1. The third kappa shape index (κ3) is 3.14. The first-order valence-corrected chi connectivity index (χ1v) is 8.17. The monoisotopic (exact) mass is 306 g/mol. The van der Waals surface area contributed by atoms with Gasteiger partial charge in [0.1, 0.15) is 0 Å². The van der Waals surface area contributed by atoms with E-state index in [0.29, 0.717) is 0 Å². The number of anilines is 1. The summed E-state index contributed by atoms with van der Waals surface area (Å²) in [6, 6.07) is 17.9. The summed E-state index contributed by atoms with van der Waals surface area (Å²) in [5.41, 5.74) is 3.95. The van der Waals surface area contributed by atoms with Crippen molar-refractivity contribution in [2.24, 2.45) is 0 Å². The van der Waals surface area contributed by atoms with Crippen molar-refractivity contribution < 1.29 is 4.79 Å². The summed E-state index contributed by atoms with van der Waals surface area (Å²) >= 11 is 0. The SMILES string of the molecule is CCCCc1cc2ccccc2n1C(=O)Nc1ccccc1C. The van der Waals surface area contributed by atoms with Crippen molar-refractivity contribution in [1.82, 2.24) is 4.57 Å². The van der Waals surface area contributed by atoms with Crippen LogP contribution >= 0.6 is 0 Å². The highest BCUT2D eigenvalue weighted by Gasteiger charge is 2.15. The highest BCUT2D eigenvalue weighted by Crippen LogP contribution is 2.22. The van der Waals surface area contributed by atoms with Crippen molar-refractivity contribution in [3.63, 3.8) is 0 Å². The second-order valence-corrected chi connectivity index (χ2v) is 5.88. The third-order valence-electron chi connectivity index (χ3n) is 4.16. The maximum Gasteiger partial charge on any atom is 0.330 e. The molecule has 0 radical (unpaired) electrons. The van der Waals surface area contributed by atoms with E-state index in [1.165, 1.54) is 0 Å². The minimum Gasteiger partial charge on any atom is -0.307 e. The molecule has 1 aromatic heterocycles. The van der Waals surface area contributed by atoms with Gasteiger partial charge in [-0.2, -0.15) is 0 Å². The van der Waals surface area contributed by atoms with Crippen LogP contribution in [0.4, 0.5) is 10.5 Å². The molecule has 0 unspecified atom stereocenters. The Labute approximate surface area is 136 Å². The average Bonchev–Trinajstić information content (AvgIpc) is 2.93. The van der Waals surface area contributed by atoms with E-state index >= 15 is 0 Å². The third-order valence-corrected chi connectivity index (χ3v) is 4.16. The molecule has 0 aliphatic carbocycles. The van der Waals surface area contributed by atoms with Crippen molar-refractivity contribution in [3.05, 3.63) is 65.9 Å². The number of hydrogen-bond donors (Lipinski definition) is 1. The smallest absolute Gasteiger partial charge is 0.307 e. The van der Waals surface area contributed by atoms with Crippen molar-refractivity contribution in [1.29, 1.82) is 0 Å². The fraction of sp³-hybridized carbons (Fsp3) is 0.250. The van der Waals surface area contributed by atoms with Gasteiger partial charge >= 0.3 is 6.03 Å². The summed E-state index contributed by atoms with van der Waals surface area (Å²) in [6.07, 6.45) is 3.10. The van der Waals surface area contributed by atoms with Crippen LogP contribution in [0.25, 0.3) is 10.9 Å². The first kappa shape index (κ1) is 15.3. The van der Waals surface area contributed by atoms with Crippen LogP contribution < -0.4 is 5.32 Å². The van der Waals surface area contributed by atoms with Crippen LogP contribution in [0, 0.1) is 6.92 Å². The van der Waals surface area contributed by atoms with Crippen LogP contribution in [-0.4, -0.2) is 10.6 Å². The fourth-order valence-corrected chi connectivity index (χ4v) is 2.88. The zero-order valence-electron chi connectivity index (χ0n) is 13.7. The summed E-state index contributed by atoms with van der Waals surface area (Å²) in [7, 11) is 0. The Balaban J connectivity index is 1.99. The molecule has 0 spiro atoms. The predicted molar refractivity (Wildman–Crippen MR) is 96.1 cm³/mol. The number of amides is 1. The topological polar surface area (TPSA) is 34.0 Å². The Morgan fingerprint density at radius 1 is 1.09 bits per heavy atom. The van der Waals surface area contributed by atoms with Gasteiger partial charge in [0.05, 0.1) is 5.52 Å². The number of unbranched alkanes of at least 4 members (excludes halogenated alkanes) is 1. The van der Waals surface area contributed by atoms with Crippen molar-refractivity contribution in [2.75, 3.05) is 5.32 Å². The maximum atomic E-state index is 12.9. The van der Waals surface area contributed by atoms with Gasteiger partial charge in [-0.15, -0.1) is 0 Å². The number of aryl methyl sites for hydroxylation is 2. The van der Waals surface area contributed by atoms with Gasteiger partial charge in [-0.1, -0.05) is 49.7 Å². The van der Waals surface area contributed by atoms with E-state index in [1.807, 2.05) is 54.0 Å². The summed E-state index contributed by atoms with van der Waals surface area (Å²) in [5.74, 6) is 0. The summed E-state index contributed by atoms with van der Waals surface area (Å²) < 4.78 is 1.82. The molecule has 0 atom stereocenters. The number of nitrogens with one attached hydrogen (secondary N) is 1. The molecule has 1 amide bonds. The molecule has 3 aromatic rings. The minimum atomic E-state index is -0.0911. The maximum absolute atomic E-state index is 12.9. The molecule has 3 nitrogen and oxygen atoms in total. The lowest BCUT2D eigenvalue weighted by molar-refractivity contribution is 0.253. The Hall–Kier alpha value is -2.55. The molecule has 1 heterocycles. The second kappa shape index (κ2) is 6.69. The number of carbonyl (C=O) groups is 1. The molecule has 0 bridgehead atoms. The normalized spacial score (nSPS) is 10.9. The molecule has 0 saturated carbocycles. The zero-order valence-corrected chi connectivity index (χ0v) is 13.7. The van der Waals surface area contributed by atoms with Crippen LogP contribution in [-0.2, 0) is 6.42 Å². The van der Waals surface area contributed by atoms with E-state index in [0.717, 1.165) is 47.1 Å². The molecular weight excluding hydrogens is 284 g/mol. The van der Waals surface area contributed by atoms with Crippen LogP contribution in [0.2, 0.25) is 0 Å². The van der Waals surface area contributed by atoms with E-state index in [1.54, 1.807) is 0 Å². The van der Waals surface area contributed by atoms with Gasteiger partial charge in [0.25, 0.3) is 0 Å². The highest BCUT2D eigenvalue weighted by molar-refractivity contribution is 5.99. The van der Waals surface area contributed by atoms with Crippen LogP contribution in [0.3, 0.4) is 0 Å². The van der Waals surface area contributed by atoms with E-state index in [-0.39, 0.29) is 6.03 Å². The van der Waals surface area contributed by atoms with Gasteiger partial charge in [-0.3, -0.25) is 4.57 Å². The molecule has 0 fully saturated rings. The number of hydrogen-bond acceptors (Lipinski definition) is 1. The van der Waals surface area contributed by atoms with Gasteiger partial charge in [0.2, 0.25) is 0 Å². The summed E-state index contributed by atoms with van der Waals surface area (Å²) in [6.45, 7) is 4.17. The quantitative estimate of drug-likeness (QED) is 0.690. The molecule has 0 aliphatic heterocycles. The Kier molecular flexibility index (Phi) is 4.47. The summed E-state index contributed by atoms with van der Waals surface area (Å²) in [5, 5.41) is 4.16. The Morgan fingerprint density at radius 3 is 2.61 bits per heavy atom. The number of nitrogens with zero attached hydrogens (tertiary/aromatic N) is 1. The van der Waals surface area contributed by atoms with E-state index in [4.69, 9.17) is 0 Å². The largest absolute Gasteiger partial charge is 0.330 e. The van der Waals surface area contributed by atoms with Crippen molar-refractivity contribution in [2.45, 2.75) is 33.1 Å². The molecule has 23 heavy (non-hydrogen) atoms. The predicted octanol–water partition coefficient (Wildman–Crippen LogP) is 5.37. The summed E-state index contributed by atoms with van der Waals surface area (Å²) in [4.78, 5) is 12.9. The van der Waals surface area contributed by atoms with Crippen LogP contribution in [0.5, 0.6) is 0 Å². The highest BCUT2D eigenvalue weighted by atomic mass is 16.2. The van der Waals surface area contributed by atoms with Crippen LogP contribution in [0.1, 0.15) is 31.0 Å². The van der Waals surface area contributed by atoms with Crippen LogP contribution in [0.15, 0.2) is 54.6 Å². The number of benzene rings is 2. The van der Waals surface area contributed by atoms with E-state index in [2.05, 4.69) is 24.4 Å². The Morgan fingerprint density at radius 2 is 1.83 bits per heavy atom. The molecule has 1 N–H and O–H groups in total. The molecule has 2 aromatic carbocycles. The van der Waals surface area contributed by atoms with Crippen molar-refractivity contribution >= 4 is 22.6 Å². The number of para-hydroxylation sites is 2. The molecule has 118 valence electrons. The first-order chi connectivity index (χ1) is 11.2. The molecule has 0 saturated heterocycles. The number of carbonyl (C=O) groups excluding carboxylic acids is 1. The Bertz CT molecular complexity index is 833. The lowest BCUT2D eigenvalue weighted by Gasteiger charge is -2.12. The average molecular weight is 306 g/mol. The molecular formula is C20H22N2O. The van der Waals surface area contributed by atoms with E-state index < -0.39 is 0 Å². The van der Waals surface area contributed by atoms with Gasteiger partial charge in [0.15, 0.2) is 0 Å². The molecule has 0 aliphatic rings. The fourth-order valence-electron chi connectivity index (χ4n) is 2.88. The zero-order chi connectivity index (χ0) is 16.2. The first-order valence-electron chi connectivity index (χ1n) is 8.17. The lowest BCUT2D eigenvalue weighted by atomic mass is 10.2. The number of fused-ring (bicyclic) bond motifs is 1. The van der Waals surface area contributed by atoms with Crippen molar-refractivity contribution in [3.8, 4) is 0 Å².